The van der Waals surface area contributed by atoms with Crippen molar-refractivity contribution in [2.75, 3.05) is 5.32 Å². The monoisotopic (exact) mass is 351 g/mol. The fourth-order valence-corrected chi connectivity index (χ4v) is 3.57. The number of carbonyl (C=O) groups is 1. The number of carbonyl (C=O) groups excluding carboxylic acids is 1. The van der Waals surface area contributed by atoms with Crippen LogP contribution >= 0.6 is 22.9 Å². The van der Waals surface area contributed by atoms with Gasteiger partial charge in [-0.15, -0.1) is 11.3 Å². The van der Waals surface area contributed by atoms with E-state index in [1.807, 2.05) is 20.8 Å². The molecule has 0 unspecified atom stereocenters. The first kappa shape index (κ1) is 16.0. The Morgan fingerprint density at radius 2 is 2.09 bits per heavy atom. The molecule has 2 N–H and O–H groups in total. The molecule has 7 heteroatoms. The summed E-state index contributed by atoms with van der Waals surface area (Å²) >= 11 is 7.40. The Balaban J connectivity index is 1.89. The molecular weight excluding hydrogens is 337 g/mol. The molecule has 0 aliphatic rings. The summed E-state index contributed by atoms with van der Waals surface area (Å²) in [7, 11) is 0. The largest absolute Gasteiger partial charge is 0.304 e. The number of fused-ring (bicyclic) bond motifs is 1. The number of nitrogens with zero attached hydrogens (tertiary/aromatic N) is 1. The van der Waals surface area contributed by atoms with Crippen LogP contribution in [0.3, 0.4) is 0 Å². The maximum absolute atomic E-state index is 13.3. The quantitative estimate of drug-likeness (QED) is 0.685. The number of rotatable bonds is 2. The van der Waals surface area contributed by atoms with Gasteiger partial charge in [0.15, 0.2) is 5.82 Å². The van der Waals surface area contributed by atoms with Gasteiger partial charge in [0.05, 0.1) is 5.02 Å². The van der Waals surface area contributed by atoms with Crippen molar-refractivity contribution < 1.29 is 9.18 Å². The average Bonchev–Trinajstić information content (AvgIpc) is 3.03. The van der Waals surface area contributed by atoms with Crippen molar-refractivity contribution in [1.29, 1.82) is 0 Å². The zero-order valence-electron chi connectivity index (χ0n) is 12.8. The molecule has 0 atom stereocenters. The molecule has 4 nitrogen and oxygen atoms in total. The number of H-pyrrole nitrogens is 1. The second-order valence-electron chi connectivity index (χ2n) is 6.26. The van der Waals surface area contributed by atoms with E-state index in [9.17, 15) is 9.18 Å². The highest BCUT2D eigenvalue weighted by Gasteiger charge is 2.20. The van der Waals surface area contributed by atoms with Gasteiger partial charge in [-0.3, -0.25) is 9.89 Å². The number of hydrogen-bond acceptors (Lipinski definition) is 3. The minimum atomic E-state index is -0.358. The third kappa shape index (κ3) is 3.09. The Kier molecular flexibility index (Phi) is 3.90. The van der Waals surface area contributed by atoms with Gasteiger partial charge in [-0.05, 0) is 18.2 Å². The van der Waals surface area contributed by atoms with Gasteiger partial charge in [0, 0.05) is 27.3 Å². The van der Waals surface area contributed by atoms with Crippen molar-refractivity contribution in [3.8, 4) is 0 Å². The molecule has 23 heavy (non-hydrogen) atoms. The van der Waals surface area contributed by atoms with E-state index in [0.29, 0.717) is 25.8 Å². The summed E-state index contributed by atoms with van der Waals surface area (Å²) < 4.78 is 13.9. The van der Waals surface area contributed by atoms with Crippen LogP contribution in [0.25, 0.3) is 10.1 Å². The maximum atomic E-state index is 13.3. The van der Waals surface area contributed by atoms with Gasteiger partial charge in [-0.2, -0.15) is 5.10 Å². The highest BCUT2D eigenvalue weighted by Crippen LogP contribution is 2.36. The van der Waals surface area contributed by atoms with Crippen LogP contribution < -0.4 is 5.32 Å². The predicted octanol–water partition coefficient (Wildman–Crippen LogP) is 4.97. The topological polar surface area (TPSA) is 57.8 Å². The third-order valence-electron chi connectivity index (χ3n) is 3.43. The average molecular weight is 352 g/mol. The lowest BCUT2D eigenvalue weighted by atomic mass is 9.92. The first-order valence-electron chi connectivity index (χ1n) is 7.00. The number of hydrogen-bond donors (Lipinski definition) is 2. The van der Waals surface area contributed by atoms with E-state index in [-0.39, 0.29) is 17.1 Å². The van der Waals surface area contributed by atoms with Crippen LogP contribution in [0.15, 0.2) is 24.3 Å². The molecule has 2 heterocycles. The van der Waals surface area contributed by atoms with Crippen LogP contribution in [0.4, 0.5) is 10.2 Å². The number of halogens is 2. The van der Waals surface area contributed by atoms with Crippen LogP contribution in [0.2, 0.25) is 5.02 Å². The van der Waals surface area contributed by atoms with E-state index >= 15 is 0 Å². The second kappa shape index (κ2) is 5.62. The Labute approximate surface area is 141 Å². The van der Waals surface area contributed by atoms with Gasteiger partial charge in [0.25, 0.3) is 5.91 Å². The highest BCUT2D eigenvalue weighted by molar-refractivity contribution is 7.21. The predicted molar refractivity (Wildman–Crippen MR) is 92.0 cm³/mol. The SMILES string of the molecule is CC(C)(C)c1cc(NC(=O)c2sc3cc(F)ccc3c2Cl)n[nH]1. The molecule has 2 aromatic heterocycles. The molecular formula is C16H15ClFN3OS. The lowest BCUT2D eigenvalue weighted by Crippen LogP contribution is -2.12. The molecule has 0 spiro atoms. The van der Waals surface area contributed by atoms with E-state index in [1.54, 1.807) is 12.1 Å². The zero-order chi connectivity index (χ0) is 16.8. The molecule has 1 aromatic carbocycles. The van der Waals surface area contributed by atoms with Gasteiger partial charge in [-0.1, -0.05) is 32.4 Å². The summed E-state index contributed by atoms with van der Waals surface area (Å²) in [5.41, 5.74) is 0.820. The minimum Gasteiger partial charge on any atom is -0.304 e. The molecule has 0 bridgehead atoms. The fraction of sp³-hybridized carbons (Fsp3) is 0.250. The lowest BCUT2D eigenvalue weighted by Gasteiger charge is -2.14. The van der Waals surface area contributed by atoms with Crippen LogP contribution in [0.5, 0.6) is 0 Å². The summed E-state index contributed by atoms with van der Waals surface area (Å²) in [5.74, 6) is -0.285. The number of amides is 1. The van der Waals surface area contributed by atoms with Crippen molar-refractivity contribution in [1.82, 2.24) is 10.2 Å². The first-order chi connectivity index (χ1) is 10.8. The van der Waals surface area contributed by atoms with Crippen LogP contribution in [0, 0.1) is 5.82 Å². The van der Waals surface area contributed by atoms with E-state index in [1.165, 1.54) is 12.1 Å². The van der Waals surface area contributed by atoms with Gasteiger partial charge in [-0.25, -0.2) is 4.39 Å². The molecule has 0 radical (unpaired) electrons. The van der Waals surface area contributed by atoms with E-state index < -0.39 is 0 Å². The number of thiophene rings is 1. The van der Waals surface area contributed by atoms with Crippen molar-refractivity contribution in [3.63, 3.8) is 0 Å². The summed E-state index contributed by atoms with van der Waals surface area (Å²) in [4.78, 5) is 12.8. The zero-order valence-corrected chi connectivity index (χ0v) is 14.4. The third-order valence-corrected chi connectivity index (χ3v) is 5.08. The van der Waals surface area contributed by atoms with Crippen LogP contribution in [-0.4, -0.2) is 16.1 Å². The molecule has 0 aliphatic carbocycles. The maximum Gasteiger partial charge on any atom is 0.268 e. The van der Waals surface area contributed by atoms with E-state index in [0.717, 1.165) is 17.0 Å². The van der Waals surface area contributed by atoms with Crippen molar-refractivity contribution in [2.45, 2.75) is 26.2 Å². The number of nitrogens with one attached hydrogen (secondary N) is 2. The molecule has 0 fully saturated rings. The van der Waals surface area contributed by atoms with Crippen LogP contribution in [-0.2, 0) is 5.41 Å². The van der Waals surface area contributed by atoms with Crippen molar-refractivity contribution in [2.24, 2.45) is 0 Å². The molecule has 0 saturated carbocycles. The summed E-state index contributed by atoms with van der Waals surface area (Å²) in [6.07, 6.45) is 0. The van der Waals surface area contributed by atoms with Gasteiger partial charge < -0.3 is 5.32 Å². The van der Waals surface area contributed by atoms with E-state index in [4.69, 9.17) is 11.6 Å². The first-order valence-corrected chi connectivity index (χ1v) is 8.20. The Bertz CT molecular complexity index is 894. The Hall–Kier alpha value is -1.92. The van der Waals surface area contributed by atoms with Crippen LogP contribution in [0.1, 0.15) is 36.1 Å². The summed E-state index contributed by atoms with van der Waals surface area (Å²) in [6, 6.07) is 6.06. The standard InChI is InChI=1S/C16H15ClFN3OS/c1-16(2,3)11-7-12(21-20-11)19-15(22)14-13(17)9-5-4-8(18)6-10(9)23-14/h4-7H,1-3H3,(H2,19,20,21,22). The van der Waals surface area contributed by atoms with Crippen molar-refractivity contribution >= 4 is 44.7 Å². The van der Waals surface area contributed by atoms with Crippen molar-refractivity contribution in [3.05, 3.63) is 45.7 Å². The number of benzene rings is 1. The number of aromatic amines is 1. The second-order valence-corrected chi connectivity index (χ2v) is 7.69. The van der Waals surface area contributed by atoms with E-state index in [2.05, 4.69) is 15.5 Å². The highest BCUT2D eigenvalue weighted by atomic mass is 35.5. The minimum absolute atomic E-state index is 0.0945. The molecule has 1 amide bonds. The smallest absolute Gasteiger partial charge is 0.268 e. The molecule has 3 aromatic rings. The fourth-order valence-electron chi connectivity index (χ4n) is 2.13. The normalized spacial score (nSPS) is 11.9. The molecule has 0 saturated heterocycles. The lowest BCUT2D eigenvalue weighted by molar-refractivity contribution is 0.103. The molecule has 0 aliphatic heterocycles. The van der Waals surface area contributed by atoms with Gasteiger partial charge in [0.2, 0.25) is 0 Å². The Morgan fingerprint density at radius 3 is 2.74 bits per heavy atom. The summed E-state index contributed by atoms with van der Waals surface area (Å²) in [5, 5.41) is 10.7. The van der Waals surface area contributed by atoms with Gasteiger partial charge in [0.1, 0.15) is 10.7 Å². The molecule has 3 rings (SSSR count). The molecule has 120 valence electrons. The number of anilines is 1. The number of aromatic nitrogens is 2. The summed E-state index contributed by atoms with van der Waals surface area (Å²) in [6.45, 7) is 6.14. The Morgan fingerprint density at radius 1 is 1.35 bits per heavy atom. The van der Waals surface area contributed by atoms with Gasteiger partial charge >= 0.3 is 0 Å².